The van der Waals surface area contributed by atoms with Gasteiger partial charge in [0.2, 0.25) is 0 Å². The summed E-state index contributed by atoms with van der Waals surface area (Å²) in [4.78, 5) is 0. The van der Waals surface area contributed by atoms with Gasteiger partial charge in [0.25, 0.3) is 0 Å². The summed E-state index contributed by atoms with van der Waals surface area (Å²) in [5.74, 6) is 1.65. The molecule has 0 bridgehead atoms. The topological polar surface area (TPSA) is 37.3 Å². The third kappa shape index (κ3) is 8.90. The molecule has 2 aromatic rings. The molecule has 0 saturated carbocycles. The Morgan fingerprint density at radius 2 is 1.16 bits per heavy atom. The van der Waals surface area contributed by atoms with E-state index in [1.165, 1.54) is 24.0 Å². The first-order valence-electron chi connectivity index (χ1n) is 11.9. The number of unbranched alkanes of at least 4 members (excludes halogenated alkanes) is 4. The van der Waals surface area contributed by atoms with Crippen molar-refractivity contribution < 1.29 is 9.32 Å². The van der Waals surface area contributed by atoms with Crippen LogP contribution in [0.25, 0.3) is 0 Å². The number of hydrogen-bond acceptors (Lipinski definition) is 2. The van der Waals surface area contributed by atoms with Crippen LogP contribution in [0, 0.1) is 0 Å². The second kappa shape index (κ2) is 13.2. The SMILES string of the molecule is CC(C)(CCCCCS(=O)CCCCCC(C)(CO)c1ccccc1)c1ccccc1. The van der Waals surface area contributed by atoms with E-state index >= 15 is 0 Å². The fourth-order valence-corrected chi connectivity index (χ4v) is 5.51. The fraction of sp³-hybridized carbons (Fsp3) is 0.571. The van der Waals surface area contributed by atoms with Gasteiger partial charge in [-0.3, -0.25) is 4.21 Å². The van der Waals surface area contributed by atoms with Crippen LogP contribution in [0.5, 0.6) is 0 Å². The number of hydrogen-bond donors (Lipinski definition) is 1. The molecule has 2 aromatic carbocycles. The lowest BCUT2D eigenvalue weighted by Crippen LogP contribution is -2.26. The molecule has 3 heteroatoms. The van der Waals surface area contributed by atoms with Gasteiger partial charge in [0.1, 0.15) is 0 Å². The Hall–Kier alpha value is -1.45. The third-order valence-corrected chi connectivity index (χ3v) is 8.14. The molecular formula is C28H42O2S. The molecule has 0 radical (unpaired) electrons. The van der Waals surface area contributed by atoms with E-state index < -0.39 is 10.8 Å². The van der Waals surface area contributed by atoms with Crippen molar-refractivity contribution >= 4 is 10.8 Å². The quantitative estimate of drug-likeness (QED) is 0.309. The van der Waals surface area contributed by atoms with E-state index in [4.69, 9.17) is 0 Å². The van der Waals surface area contributed by atoms with E-state index in [1.807, 2.05) is 18.2 Å². The largest absolute Gasteiger partial charge is 0.395 e. The Bertz CT molecular complexity index is 757. The number of aliphatic hydroxyl groups is 1. The standard InChI is InChI=1S/C28H42O2S/c1-27(2,25-16-8-4-9-17-25)20-12-6-14-22-31(30)23-15-7-13-21-28(3,24-29)26-18-10-5-11-19-26/h4-5,8-11,16-19,29H,6-7,12-15,20-24H2,1-3H3. The zero-order chi connectivity index (χ0) is 22.6. The molecule has 0 aliphatic carbocycles. The molecule has 2 nitrogen and oxygen atoms in total. The van der Waals surface area contributed by atoms with Crippen LogP contribution in [0.15, 0.2) is 60.7 Å². The summed E-state index contributed by atoms with van der Waals surface area (Å²) in [5, 5.41) is 9.89. The van der Waals surface area contributed by atoms with Crippen LogP contribution in [0.2, 0.25) is 0 Å². The minimum Gasteiger partial charge on any atom is -0.395 e. The first-order chi connectivity index (χ1) is 14.9. The van der Waals surface area contributed by atoms with Gasteiger partial charge in [-0.25, -0.2) is 0 Å². The van der Waals surface area contributed by atoms with Crippen LogP contribution in [0.4, 0.5) is 0 Å². The third-order valence-electron chi connectivity index (χ3n) is 6.65. The highest BCUT2D eigenvalue weighted by Gasteiger charge is 2.24. The summed E-state index contributed by atoms with van der Waals surface area (Å²) in [7, 11) is -0.692. The van der Waals surface area contributed by atoms with Crippen molar-refractivity contribution in [1.82, 2.24) is 0 Å². The summed E-state index contributed by atoms with van der Waals surface area (Å²) >= 11 is 0. The summed E-state index contributed by atoms with van der Waals surface area (Å²) < 4.78 is 12.3. The first-order valence-corrected chi connectivity index (χ1v) is 13.4. The zero-order valence-electron chi connectivity index (χ0n) is 19.8. The van der Waals surface area contributed by atoms with Crippen molar-refractivity contribution in [1.29, 1.82) is 0 Å². The average Bonchev–Trinajstić information content (AvgIpc) is 2.79. The van der Waals surface area contributed by atoms with Crippen LogP contribution >= 0.6 is 0 Å². The van der Waals surface area contributed by atoms with Crippen molar-refractivity contribution in [3.05, 3.63) is 71.8 Å². The Labute approximate surface area is 192 Å². The van der Waals surface area contributed by atoms with Crippen molar-refractivity contribution in [3.63, 3.8) is 0 Å². The van der Waals surface area contributed by atoms with Crippen molar-refractivity contribution in [3.8, 4) is 0 Å². The van der Waals surface area contributed by atoms with Gasteiger partial charge in [-0.1, -0.05) is 107 Å². The molecule has 172 valence electrons. The number of benzene rings is 2. The Kier molecular flexibility index (Phi) is 11.0. The smallest absolute Gasteiger partial charge is 0.0525 e. The van der Waals surface area contributed by atoms with Gasteiger partial charge in [0.15, 0.2) is 0 Å². The lowest BCUT2D eigenvalue weighted by atomic mass is 9.79. The van der Waals surface area contributed by atoms with Gasteiger partial charge in [-0.15, -0.1) is 0 Å². The average molecular weight is 443 g/mol. The minimum absolute atomic E-state index is 0.171. The Balaban J connectivity index is 1.55. The monoisotopic (exact) mass is 442 g/mol. The van der Waals surface area contributed by atoms with Crippen LogP contribution in [0.1, 0.15) is 83.3 Å². The molecule has 0 aliphatic rings. The molecule has 0 heterocycles. The normalized spacial score (nSPS) is 14.8. The molecule has 0 amide bonds. The van der Waals surface area contributed by atoms with Crippen molar-refractivity contribution in [2.24, 2.45) is 0 Å². The molecule has 0 fully saturated rings. The maximum atomic E-state index is 12.3. The van der Waals surface area contributed by atoms with E-state index in [-0.39, 0.29) is 17.4 Å². The predicted molar refractivity (Wildman–Crippen MR) is 135 cm³/mol. The molecule has 2 atom stereocenters. The van der Waals surface area contributed by atoms with Gasteiger partial charge in [0, 0.05) is 27.7 Å². The number of aliphatic hydroxyl groups excluding tert-OH is 1. The predicted octanol–water partition coefficient (Wildman–Crippen LogP) is 6.78. The first kappa shape index (κ1) is 25.8. The molecule has 0 aromatic heterocycles. The van der Waals surface area contributed by atoms with Gasteiger partial charge < -0.3 is 5.11 Å². The van der Waals surface area contributed by atoms with Crippen LogP contribution in [-0.4, -0.2) is 27.4 Å². The Morgan fingerprint density at radius 3 is 1.68 bits per heavy atom. The van der Waals surface area contributed by atoms with E-state index in [1.54, 1.807) is 0 Å². The van der Waals surface area contributed by atoms with Crippen LogP contribution < -0.4 is 0 Å². The summed E-state index contributed by atoms with van der Waals surface area (Å²) in [5.41, 5.74) is 2.65. The molecule has 31 heavy (non-hydrogen) atoms. The summed E-state index contributed by atoms with van der Waals surface area (Å²) in [6.07, 6.45) is 8.73. The zero-order valence-corrected chi connectivity index (χ0v) is 20.6. The van der Waals surface area contributed by atoms with Gasteiger partial charge in [-0.2, -0.15) is 0 Å². The lowest BCUT2D eigenvalue weighted by Gasteiger charge is -2.28. The fourth-order valence-electron chi connectivity index (χ4n) is 4.25. The summed E-state index contributed by atoms with van der Waals surface area (Å²) in [6, 6.07) is 21.0. The lowest BCUT2D eigenvalue weighted by molar-refractivity contribution is 0.193. The number of rotatable bonds is 15. The van der Waals surface area contributed by atoms with E-state index in [0.717, 1.165) is 50.0 Å². The van der Waals surface area contributed by atoms with E-state index in [2.05, 4.69) is 63.2 Å². The van der Waals surface area contributed by atoms with Gasteiger partial charge in [0.05, 0.1) is 6.61 Å². The maximum Gasteiger partial charge on any atom is 0.0525 e. The molecule has 2 rings (SSSR count). The maximum absolute atomic E-state index is 12.3. The molecule has 0 saturated heterocycles. The minimum atomic E-state index is -0.692. The van der Waals surface area contributed by atoms with Crippen molar-refractivity contribution in [2.45, 2.75) is 83.0 Å². The highest BCUT2D eigenvalue weighted by Crippen LogP contribution is 2.30. The highest BCUT2D eigenvalue weighted by molar-refractivity contribution is 7.84. The molecule has 2 unspecified atom stereocenters. The molecule has 1 N–H and O–H groups in total. The van der Waals surface area contributed by atoms with Gasteiger partial charge in [-0.05, 0) is 42.2 Å². The molecule has 0 spiro atoms. The molecule has 0 aliphatic heterocycles. The van der Waals surface area contributed by atoms with E-state index in [0.29, 0.717) is 0 Å². The van der Waals surface area contributed by atoms with Gasteiger partial charge >= 0.3 is 0 Å². The van der Waals surface area contributed by atoms with E-state index in [9.17, 15) is 9.32 Å². The molecular weight excluding hydrogens is 400 g/mol. The Morgan fingerprint density at radius 1 is 0.677 bits per heavy atom. The van der Waals surface area contributed by atoms with Crippen molar-refractivity contribution in [2.75, 3.05) is 18.1 Å². The van der Waals surface area contributed by atoms with Crippen LogP contribution in [0.3, 0.4) is 0 Å². The van der Waals surface area contributed by atoms with Crippen LogP contribution in [-0.2, 0) is 21.6 Å². The second-order valence-electron chi connectivity index (χ2n) is 9.80. The highest BCUT2D eigenvalue weighted by atomic mass is 32.2. The summed E-state index contributed by atoms with van der Waals surface area (Å²) in [6.45, 7) is 6.95. The second-order valence-corrected chi connectivity index (χ2v) is 11.5.